The van der Waals surface area contributed by atoms with Crippen molar-refractivity contribution in [3.05, 3.63) is 203 Å². The first-order chi connectivity index (χ1) is 41.4. The Balaban J connectivity index is 0.000000205. The van der Waals surface area contributed by atoms with Crippen LogP contribution in [0, 0.1) is 11.6 Å². The molecular weight excluding hydrogens is 1110 g/mol. The SMILES string of the molecule is COC(=O)[C@@H](Cc1c[nH]c2ccccc12)n1cc(-c2ccc(C(=O)N(C)[C@@H](Cc3ccc(O)cc3)C(=O)O)c(F)c2)nn1.COC(=O)[C@H](Cc1ccc(O)cc1)NC(=O)c1ccc(-c2cn([C@H](Cc3c[nH]c4ccccc34)C(=O)OC)nn2)cc1F. The number of aromatic hydroxyl groups is 2. The Morgan fingerprint density at radius 3 is 1.47 bits per heavy atom. The topological polar surface area (TPSA) is 299 Å². The summed E-state index contributed by atoms with van der Waals surface area (Å²) in [5, 5.41) is 49.6. The number of aliphatic carboxylic acids is 1. The Bertz CT molecular complexity index is 4100. The zero-order valence-electron chi connectivity index (χ0n) is 46.6. The van der Waals surface area contributed by atoms with Crippen molar-refractivity contribution in [1.29, 1.82) is 0 Å². The molecule has 0 unspecified atom stereocenters. The number of rotatable bonds is 20. The number of carboxylic acid groups (broad SMARTS) is 1. The monoisotopic (exact) mass is 1170 g/mol. The molecule has 0 fully saturated rings. The van der Waals surface area contributed by atoms with E-state index in [1.165, 1.54) is 98.7 Å². The van der Waals surface area contributed by atoms with E-state index in [0.29, 0.717) is 22.3 Å². The van der Waals surface area contributed by atoms with Crippen molar-refractivity contribution in [1.82, 2.24) is 50.2 Å². The number of likely N-dealkylation sites (N-methyl/N-ethyl adjacent to an activating group) is 1. The first-order valence-electron chi connectivity index (χ1n) is 26.6. The minimum atomic E-state index is -1.27. The minimum Gasteiger partial charge on any atom is -0.508 e. The Morgan fingerprint density at radius 2 is 1.02 bits per heavy atom. The highest BCUT2D eigenvalue weighted by Crippen LogP contribution is 2.29. The first kappa shape index (κ1) is 59.6. The number of phenolic OH excluding ortho intramolecular Hbond substituents is 2. The molecule has 0 aliphatic carbocycles. The van der Waals surface area contributed by atoms with E-state index >= 15 is 8.78 Å². The average Bonchev–Trinajstić information content (AvgIpc) is 2.62. The van der Waals surface area contributed by atoms with E-state index in [0.717, 1.165) is 50.0 Å². The molecule has 0 saturated heterocycles. The first-order valence-corrected chi connectivity index (χ1v) is 26.6. The van der Waals surface area contributed by atoms with E-state index in [9.17, 15) is 44.1 Å². The molecule has 4 heterocycles. The fourth-order valence-corrected chi connectivity index (χ4v) is 9.70. The number of carboxylic acids is 1. The summed E-state index contributed by atoms with van der Waals surface area (Å²) in [4.78, 5) is 83.2. The molecule has 0 saturated carbocycles. The number of ether oxygens (including phenoxy) is 3. The number of hydrogen-bond donors (Lipinski definition) is 6. The molecule has 6 aromatic carbocycles. The lowest BCUT2D eigenvalue weighted by Gasteiger charge is -2.25. The molecule has 22 nitrogen and oxygen atoms in total. The van der Waals surface area contributed by atoms with Crippen molar-refractivity contribution in [2.24, 2.45) is 0 Å². The van der Waals surface area contributed by atoms with Gasteiger partial charge in [0.2, 0.25) is 0 Å². The summed E-state index contributed by atoms with van der Waals surface area (Å²) in [6.45, 7) is 0. The van der Waals surface area contributed by atoms with Gasteiger partial charge >= 0.3 is 23.9 Å². The van der Waals surface area contributed by atoms with Gasteiger partial charge in [0.05, 0.1) is 44.8 Å². The second-order valence-corrected chi connectivity index (χ2v) is 19.8. The number of H-pyrrole nitrogens is 2. The number of fused-ring (bicyclic) bond motifs is 2. The lowest BCUT2D eigenvalue weighted by Crippen LogP contribution is -2.44. The van der Waals surface area contributed by atoms with Crippen molar-refractivity contribution in [3.8, 4) is 34.0 Å². The molecule has 24 heteroatoms. The molecule has 0 spiro atoms. The van der Waals surface area contributed by atoms with Crippen molar-refractivity contribution in [2.45, 2.75) is 49.9 Å². The van der Waals surface area contributed by atoms with Gasteiger partial charge in [0.15, 0.2) is 12.1 Å². The summed E-state index contributed by atoms with van der Waals surface area (Å²) in [5.74, 6) is -6.29. The number of nitrogens with one attached hydrogen (secondary N) is 3. The molecule has 0 radical (unpaired) electrons. The Hall–Kier alpha value is -11.0. The largest absolute Gasteiger partial charge is 0.508 e. The second-order valence-electron chi connectivity index (χ2n) is 19.8. The van der Waals surface area contributed by atoms with Gasteiger partial charge in [-0.15, -0.1) is 10.2 Å². The number of carbonyl (C=O) groups is 6. The van der Waals surface area contributed by atoms with Crippen LogP contribution in [0.15, 0.2) is 158 Å². The van der Waals surface area contributed by atoms with E-state index in [-0.39, 0.29) is 59.7 Å². The average molecular weight is 1170 g/mol. The number of methoxy groups -OCH3 is 3. The normalized spacial score (nSPS) is 12.5. The van der Waals surface area contributed by atoms with Crippen molar-refractivity contribution < 1.29 is 67.1 Å². The number of aromatic amines is 2. The molecule has 10 rings (SSSR count). The maximum atomic E-state index is 15.3. The summed E-state index contributed by atoms with van der Waals surface area (Å²) in [6, 6.07) is 31.1. The number of halogens is 2. The zero-order valence-corrected chi connectivity index (χ0v) is 46.6. The van der Waals surface area contributed by atoms with Crippen LogP contribution in [0.2, 0.25) is 0 Å². The van der Waals surface area contributed by atoms with Gasteiger partial charge in [0.1, 0.15) is 46.6 Å². The maximum Gasteiger partial charge on any atom is 0.331 e. The second kappa shape index (κ2) is 26.5. The zero-order chi connectivity index (χ0) is 61.2. The van der Waals surface area contributed by atoms with Gasteiger partial charge in [-0.3, -0.25) is 9.59 Å². The summed E-state index contributed by atoms with van der Waals surface area (Å²) in [7, 11) is 5.05. The Kier molecular flexibility index (Phi) is 18.3. The van der Waals surface area contributed by atoms with Crippen LogP contribution in [-0.2, 0) is 59.1 Å². The Labute approximate surface area is 488 Å². The highest BCUT2D eigenvalue weighted by molar-refractivity contribution is 5.98. The lowest BCUT2D eigenvalue weighted by molar-refractivity contribution is -0.145. The number of nitrogens with zero attached hydrogens (tertiary/aromatic N) is 7. The highest BCUT2D eigenvalue weighted by atomic mass is 19.1. The summed E-state index contributed by atoms with van der Waals surface area (Å²) < 4.78 is 48.0. The third-order valence-corrected chi connectivity index (χ3v) is 14.4. The van der Waals surface area contributed by atoms with Gasteiger partial charge in [-0.25, -0.2) is 37.3 Å². The molecular formula is C62H56F2N10O12. The van der Waals surface area contributed by atoms with Gasteiger partial charge in [-0.05, 0) is 82.9 Å². The molecule has 2 amide bonds. The number of aromatic nitrogens is 8. The van der Waals surface area contributed by atoms with Crippen LogP contribution < -0.4 is 5.32 Å². The van der Waals surface area contributed by atoms with Crippen molar-refractivity contribution in [2.75, 3.05) is 28.4 Å². The highest BCUT2D eigenvalue weighted by Gasteiger charge is 2.31. The molecule has 440 valence electrons. The van der Waals surface area contributed by atoms with E-state index in [1.807, 2.05) is 60.9 Å². The fourth-order valence-electron chi connectivity index (χ4n) is 9.70. The van der Waals surface area contributed by atoms with Crippen LogP contribution >= 0.6 is 0 Å². The van der Waals surface area contributed by atoms with Gasteiger partial charge in [0.25, 0.3) is 11.8 Å². The van der Waals surface area contributed by atoms with Crippen LogP contribution in [-0.4, -0.2) is 136 Å². The third kappa shape index (κ3) is 13.6. The van der Waals surface area contributed by atoms with Crippen LogP contribution in [0.5, 0.6) is 11.5 Å². The molecule has 0 aliphatic heterocycles. The fraction of sp³-hybridized carbons (Fsp3) is 0.194. The predicted octanol–water partition coefficient (Wildman–Crippen LogP) is 7.74. The molecule has 10 aromatic rings. The third-order valence-electron chi connectivity index (χ3n) is 14.4. The van der Waals surface area contributed by atoms with E-state index in [4.69, 9.17) is 14.2 Å². The number of phenols is 2. The maximum absolute atomic E-state index is 15.3. The number of hydrogen-bond acceptors (Lipinski definition) is 15. The lowest BCUT2D eigenvalue weighted by atomic mass is 10.0. The Morgan fingerprint density at radius 1 is 0.581 bits per heavy atom. The predicted molar refractivity (Wildman–Crippen MR) is 307 cm³/mol. The van der Waals surface area contributed by atoms with Crippen molar-refractivity contribution in [3.63, 3.8) is 0 Å². The quantitative estimate of drug-likeness (QED) is 0.0314. The number of para-hydroxylation sites is 2. The summed E-state index contributed by atoms with van der Waals surface area (Å²) in [6.07, 6.45) is 7.23. The van der Waals surface area contributed by atoms with E-state index < -0.39 is 71.5 Å². The van der Waals surface area contributed by atoms with Gasteiger partial charge in [-0.2, -0.15) is 0 Å². The number of carbonyl (C=O) groups excluding carboxylic acids is 5. The molecule has 0 aliphatic rings. The van der Waals surface area contributed by atoms with E-state index in [1.54, 1.807) is 24.3 Å². The van der Waals surface area contributed by atoms with Crippen LogP contribution in [0.1, 0.15) is 55.1 Å². The minimum absolute atomic E-state index is 0.0253. The summed E-state index contributed by atoms with van der Waals surface area (Å²) in [5.41, 5.74) is 5.41. The molecule has 6 N–H and O–H groups in total. The van der Waals surface area contributed by atoms with Crippen LogP contribution in [0.25, 0.3) is 44.3 Å². The standard InChI is InChI=1S/2C31H28FN5O6/c1-36(27(30(40)41)13-18-7-10-21(38)11-8-18)29(39)23-12-9-19(14-24(23)32)26-17-37(35-34-26)28(31(42)43-2)15-20-16-33-25-6-4-3-5-22(20)25;1-42-30(40)26(13-18-7-10-21(38)11-8-18)34-29(39)23-12-9-19(14-24(23)32)27-17-37(36-35-27)28(31(41)43-2)15-20-16-33-25-6-4-3-5-22(20)25/h3-12,14,16-17,27-28,33,38H,13,15H2,1-2H3,(H,40,41);3-12,14,16-17,26,28,33,38H,13,15H2,1-2H3,(H,34,39)/t27-,28+;26-,28+/m00/s1. The summed E-state index contributed by atoms with van der Waals surface area (Å²) >= 11 is 0. The number of benzene rings is 6. The van der Waals surface area contributed by atoms with E-state index in [2.05, 4.69) is 35.9 Å². The molecule has 4 aromatic heterocycles. The van der Waals surface area contributed by atoms with Gasteiger partial charge in [-0.1, -0.05) is 83.2 Å². The van der Waals surface area contributed by atoms with Crippen LogP contribution in [0.4, 0.5) is 8.78 Å². The number of esters is 3. The van der Waals surface area contributed by atoms with Gasteiger partial charge < -0.3 is 49.7 Å². The smallest absolute Gasteiger partial charge is 0.331 e. The molecule has 86 heavy (non-hydrogen) atoms. The number of amides is 2. The molecule has 0 bridgehead atoms. The molecule has 4 atom stereocenters. The van der Waals surface area contributed by atoms with Gasteiger partial charge in [0, 0.05) is 78.1 Å². The van der Waals surface area contributed by atoms with Crippen LogP contribution in [0.3, 0.4) is 0 Å². The van der Waals surface area contributed by atoms with Crippen molar-refractivity contribution >= 4 is 57.5 Å².